The highest BCUT2D eigenvalue weighted by Gasteiger charge is 2.34. The first kappa shape index (κ1) is 18.2. The number of imide groups is 1. The molecule has 0 saturated carbocycles. The molecule has 27 heavy (non-hydrogen) atoms. The maximum atomic E-state index is 12.2. The van der Waals surface area contributed by atoms with Crippen molar-refractivity contribution < 1.29 is 19.2 Å². The standard InChI is InChI=1S/C19H18N4O4/c24-16(21-10-11-22-17(25)13-5-8-20-9-6-13)7-12-23-18(26)14-3-1-2-4-15(14)19(23)27/h1-6,8-9H,7,10-12H2,(H,21,24)(H,22,25). The molecule has 4 amide bonds. The van der Waals surface area contributed by atoms with Gasteiger partial charge in [0.25, 0.3) is 17.7 Å². The maximum Gasteiger partial charge on any atom is 0.261 e. The first-order chi connectivity index (χ1) is 13.1. The second-order valence-electron chi connectivity index (χ2n) is 5.90. The molecule has 1 aromatic heterocycles. The predicted octanol–water partition coefficient (Wildman–Crippen LogP) is 0.614. The van der Waals surface area contributed by atoms with Crippen LogP contribution in [-0.2, 0) is 4.79 Å². The number of carbonyl (C=O) groups is 4. The van der Waals surface area contributed by atoms with E-state index in [1.165, 1.54) is 12.4 Å². The van der Waals surface area contributed by atoms with Crippen molar-refractivity contribution in [2.75, 3.05) is 19.6 Å². The Morgan fingerprint density at radius 1 is 0.889 bits per heavy atom. The van der Waals surface area contributed by atoms with Crippen molar-refractivity contribution in [2.24, 2.45) is 0 Å². The summed E-state index contributed by atoms with van der Waals surface area (Å²) in [5.74, 6) is -1.32. The van der Waals surface area contributed by atoms with E-state index in [0.717, 1.165) is 4.90 Å². The number of nitrogens with one attached hydrogen (secondary N) is 2. The Kier molecular flexibility index (Phi) is 5.55. The molecule has 0 saturated heterocycles. The molecule has 2 N–H and O–H groups in total. The van der Waals surface area contributed by atoms with Gasteiger partial charge < -0.3 is 10.6 Å². The summed E-state index contributed by atoms with van der Waals surface area (Å²) in [7, 11) is 0. The van der Waals surface area contributed by atoms with E-state index < -0.39 is 0 Å². The lowest BCUT2D eigenvalue weighted by atomic mass is 10.1. The molecule has 2 aromatic rings. The summed E-state index contributed by atoms with van der Waals surface area (Å²) in [4.78, 5) is 53.1. The van der Waals surface area contributed by atoms with Gasteiger partial charge in [-0.2, -0.15) is 0 Å². The van der Waals surface area contributed by atoms with Gasteiger partial charge in [0.05, 0.1) is 11.1 Å². The summed E-state index contributed by atoms with van der Waals surface area (Å²) >= 11 is 0. The van der Waals surface area contributed by atoms with Crippen LogP contribution in [0.2, 0.25) is 0 Å². The third-order valence-electron chi connectivity index (χ3n) is 4.12. The zero-order chi connectivity index (χ0) is 19.2. The summed E-state index contributed by atoms with van der Waals surface area (Å²) in [5, 5.41) is 5.33. The van der Waals surface area contributed by atoms with Gasteiger partial charge in [-0.3, -0.25) is 29.1 Å². The Bertz CT molecular complexity index is 847. The topological polar surface area (TPSA) is 108 Å². The molecule has 0 fully saturated rings. The lowest BCUT2D eigenvalue weighted by Crippen LogP contribution is -2.37. The molecule has 0 bridgehead atoms. The largest absolute Gasteiger partial charge is 0.354 e. The van der Waals surface area contributed by atoms with Gasteiger partial charge >= 0.3 is 0 Å². The van der Waals surface area contributed by atoms with E-state index in [2.05, 4.69) is 15.6 Å². The molecule has 0 atom stereocenters. The van der Waals surface area contributed by atoms with Crippen LogP contribution in [0.25, 0.3) is 0 Å². The Hall–Kier alpha value is -3.55. The van der Waals surface area contributed by atoms with Crippen LogP contribution in [0.15, 0.2) is 48.8 Å². The summed E-state index contributed by atoms with van der Waals surface area (Å²) < 4.78 is 0. The zero-order valence-electron chi connectivity index (χ0n) is 14.5. The average Bonchev–Trinajstić information content (AvgIpc) is 2.94. The fourth-order valence-electron chi connectivity index (χ4n) is 2.73. The third-order valence-corrected chi connectivity index (χ3v) is 4.12. The van der Waals surface area contributed by atoms with Gasteiger partial charge in [0, 0.05) is 44.0 Å². The number of fused-ring (bicyclic) bond motifs is 1. The number of hydrogen-bond donors (Lipinski definition) is 2. The van der Waals surface area contributed by atoms with Gasteiger partial charge in [-0.15, -0.1) is 0 Å². The number of carbonyl (C=O) groups excluding carboxylic acids is 4. The second kappa shape index (κ2) is 8.22. The normalized spacial score (nSPS) is 12.7. The number of benzene rings is 1. The number of amides is 4. The first-order valence-electron chi connectivity index (χ1n) is 8.48. The van der Waals surface area contributed by atoms with Gasteiger partial charge in [0.1, 0.15) is 0 Å². The highest BCUT2D eigenvalue weighted by Crippen LogP contribution is 2.22. The Morgan fingerprint density at radius 3 is 2.11 bits per heavy atom. The fraction of sp³-hybridized carbons (Fsp3) is 0.211. The number of pyridine rings is 1. The lowest BCUT2D eigenvalue weighted by Gasteiger charge is -2.13. The molecule has 0 aliphatic carbocycles. The molecule has 1 aliphatic rings. The zero-order valence-corrected chi connectivity index (χ0v) is 14.5. The van der Waals surface area contributed by atoms with Crippen LogP contribution in [0, 0.1) is 0 Å². The third kappa shape index (κ3) is 4.17. The second-order valence-corrected chi connectivity index (χ2v) is 5.90. The molecule has 8 nitrogen and oxygen atoms in total. The highest BCUT2D eigenvalue weighted by molar-refractivity contribution is 6.21. The monoisotopic (exact) mass is 366 g/mol. The van der Waals surface area contributed by atoms with E-state index in [4.69, 9.17) is 0 Å². The molecular weight excluding hydrogens is 348 g/mol. The summed E-state index contributed by atoms with van der Waals surface area (Å²) in [6.07, 6.45) is 3.05. The Labute approximate surface area is 155 Å². The summed E-state index contributed by atoms with van der Waals surface area (Å²) in [6, 6.07) is 9.77. The van der Waals surface area contributed by atoms with Crippen molar-refractivity contribution in [3.05, 3.63) is 65.5 Å². The fourth-order valence-corrected chi connectivity index (χ4v) is 2.73. The molecule has 0 spiro atoms. The van der Waals surface area contributed by atoms with Crippen molar-refractivity contribution in [1.29, 1.82) is 0 Å². The molecular formula is C19H18N4O4. The minimum Gasteiger partial charge on any atom is -0.354 e. The van der Waals surface area contributed by atoms with Crippen LogP contribution >= 0.6 is 0 Å². The van der Waals surface area contributed by atoms with Gasteiger partial charge in [0.2, 0.25) is 5.91 Å². The Morgan fingerprint density at radius 2 is 1.48 bits per heavy atom. The summed E-state index contributed by atoms with van der Waals surface area (Å²) in [6.45, 7) is 0.527. The predicted molar refractivity (Wildman–Crippen MR) is 96.0 cm³/mol. The van der Waals surface area contributed by atoms with Crippen molar-refractivity contribution in [1.82, 2.24) is 20.5 Å². The Balaban J connectivity index is 1.39. The molecule has 138 valence electrons. The lowest BCUT2D eigenvalue weighted by molar-refractivity contribution is -0.121. The van der Waals surface area contributed by atoms with Gasteiger partial charge in [-0.05, 0) is 24.3 Å². The van der Waals surface area contributed by atoms with E-state index in [1.807, 2.05) is 0 Å². The van der Waals surface area contributed by atoms with Gasteiger partial charge in [-0.25, -0.2) is 0 Å². The molecule has 0 radical (unpaired) electrons. The number of nitrogens with zero attached hydrogens (tertiary/aromatic N) is 2. The minimum absolute atomic E-state index is 0.00374. The van der Waals surface area contributed by atoms with Crippen LogP contribution in [0.1, 0.15) is 37.5 Å². The van der Waals surface area contributed by atoms with E-state index in [1.54, 1.807) is 36.4 Å². The maximum absolute atomic E-state index is 12.2. The smallest absolute Gasteiger partial charge is 0.261 e. The van der Waals surface area contributed by atoms with Crippen LogP contribution in [0.3, 0.4) is 0 Å². The van der Waals surface area contributed by atoms with E-state index in [9.17, 15) is 19.2 Å². The van der Waals surface area contributed by atoms with Crippen molar-refractivity contribution in [3.8, 4) is 0 Å². The minimum atomic E-state index is -0.381. The average molecular weight is 366 g/mol. The van der Waals surface area contributed by atoms with Crippen molar-refractivity contribution >= 4 is 23.6 Å². The quantitative estimate of drug-likeness (QED) is 0.551. The van der Waals surface area contributed by atoms with Crippen LogP contribution in [0.4, 0.5) is 0 Å². The highest BCUT2D eigenvalue weighted by atomic mass is 16.2. The van der Waals surface area contributed by atoms with E-state index >= 15 is 0 Å². The van der Waals surface area contributed by atoms with E-state index in [-0.39, 0.29) is 49.7 Å². The molecule has 8 heteroatoms. The number of aromatic nitrogens is 1. The van der Waals surface area contributed by atoms with Crippen LogP contribution in [0.5, 0.6) is 0 Å². The van der Waals surface area contributed by atoms with E-state index in [0.29, 0.717) is 16.7 Å². The van der Waals surface area contributed by atoms with Crippen LogP contribution in [-0.4, -0.2) is 53.1 Å². The van der Waals surface area contributed by atoms with Crippen molar-refractivity contribution in [3.63, 3.8) is 0 Å². The summed E-state index contributed by atoms with van der Waals surface area (Å²) in [5.41, 5.74) is 1.21. The van der Waals surface area contributed by atoms with Crippen LogP contribution < -0.4 is 10.6 Å². The number of hydrogen-bond acceptors (Lipinski definition) is 5. The van der Waals surface area contributed by atoms with Gasteiger partial charge in [-0.1, -0.05) is 12.1 Å². The molecule has 3 rings (SSSR count). The number of rotatable bonds is 7. The van der Waals surface area contributed by atoms with Crippen molar-refractivity contribution in [2.45, 2.75) is 6.42 Å². The van der Waals surface area contributed by atoms with Gasteiger partial charge in [0.15, 0.2) is 0 Å². The SMILES string of the molecule is O=C(CCN1C(=O)c2ccccc2C1=O)NCCNC(=O)c1ccncc1. The molecule has 0 unspecified atom stereocenters. The molecule has 1 aliphatic heterocycles. The molecule has 2 heterocycles. The molecule has 1 aromatic carbocycles. The first-order valence-corrected chi connectivity index (χ1v) is 8.48.